The third kappa shape index (κ3) is 1.68. The monoisotopic (exact) mass is 221 g/mol. The predicted octanol–water partition coefficient (Wildman–Crippen LogP) is 3.80. The van der Waals surface area contributed by atoms with Crippen molar-refractivity contribution in [3.05, 3.63) is 71.1 Å². The van der Waals surface area contributed by atoms with Gasteiger partial charge in [-0.2, -0.15) is 0 Å². The van der Waals surface area contributed by atoms with Gasteiger partial charge in [-0.1, -0.05) is 43.3 Å². The molecule has 1 atom stereocenters. The van der Waals surface area contributed by atoms with Crippen LogP contribution in [0.25, 0.3) is 6.08 Å². The minimum atomic E-state index is 0.331. The SMILES string of the molecule is CCc1cccc2c1C=CC2c1ccccn1. The molecule has 0 amide bonds. The van der Waals surface area contributed by atoms with Crippen LogP contribution in [0, 0.1) is 0 Å². The molecule has 17 heavy (non-hydrogen) atoms. The lowest BCUT2D eigenvalue weighted by molar-refractivity contribution is 0.965. The van der Waals surface area contributed by atoms with Crippen LogP contribution in [-0.2, 0) is 6.42 Å². The van der Waals surface area contributed by atoms with Crippen molar-refractivity contribution in [3.8, 4) is 0 Å². The fourth-order valence-corrected chi connectivity index (χ4v) is 2.53. The molecule has 0 saturated carbocycles. The van der Waals surface area contributed by atoms with Crippen molar-refractivity contribution in [2.75, 3.05) is 0 Å². The Morgan fingerprint density at radius 1 is 1.12 bits per heavy atom. The average molecular weight is 221 g/mol. The van der Waals surface area contributed by atoms with E-state index in [1.54, 1.807) is 0 Å². The highest BCUT2D eigenvalue weighted by atomic mass is 14.7. The van der Waals surface area contributed by atoms with E-state index >= 15 is 0 Å². The van der Waals surface area contributed by atoms with Crippen LogP contribution in [0.1, 0.15) is 35.2 Å². The van der Waals surface area contributed by atoms with E-state index in [2.05, 4.69) is 54.4 Å². The maximum Gasteiger partial charge on any atom is 0.0516 e. The lowest BCUT2D eigenvalue weighted by Gasteiger charge is -2.12. The van der Waals surface area contributed by atoms with Crippen molar-refractivity contribution in [2.45, 2.75) is 19.3 Å². The summed E-state index contributed by atoms with van der Waals surface area (Å²) in [7, 11) is 0. The van der Waals surface area contributed by atoms with Gasteiger partial charge in [0.25, 0.3) is 0 Å². The number of allylic oxidation sites excluding steroid dienone is 1. The van der Waals surface area contributed by atoms with Crippen LogP contribution in [-0.4, -0.2) is 4.98 Å². The third-order valence-corrected chi connectivity index (χ3v) is 3.41. The van der Waals surface area contributed by atoms with Crippen LogP contribution < -0.4 is 0 Å². The van der Waals surface area contributed by atoms with Gasteiger partial charge in [0.15, 0.2) is 0 Å². The molecule has 1 heterocycles. The van der Waals surface area contributed by atoms with Gasteiger partial charge in [0, 0.05) is 12.1 Å². The number of hydrogen-bond acceptors (Lipinski definition) is 1. The Labute approximate surface area is 102 Å². The highest BCUT2D eigenvalue weighted by Gasteiger charge is 2.20. The number of aryl methyl sites for hydroxylation is 1. The zero-order valence-corrected chi connectivity index (χ0v) is 9.93. The van der Waals surface area contributed by atoms with E-state index in [1.807, 2.05) is 12.3 Å². The second kappa shape index (κ2) is 4.17. The van der Waals surface area contributed by atoms with Crippen LogP contribution in [0.2, 0.25) is 0 Å². The summed E-state index contributed by atoms with van der Waals surface area (Å²) >= 11 is 0. The molecule has 84 valence electrons. The van der Waals surface area contributed by atoms with E-state index in [0.717, 1.165) is 12.1 Å². The smallest absolute Gasteiger partial charge is 0.0516 e. The first-order valence-electron chi connectivity index (χ1n) is 6.11. The Bertz CT molecular complexity index is 555. The number of hydrogen-bond donors (Lipinski definition) is 0. The molecule has 2 aromatic rings. The molecule has 0 saturated heterocycles. The zero-order valence-electron chi connectivity index (χ0n) is 9.93. The first-order valence-corrected chi connectivity index (χ1v) is 6.11. The van der Waals surface area contributed by atoms with E-state index in [1.165, 1.54) is 16.7 Å². The summed E-state index contributed by atoms with van der Waals surface area (Å²) in [5.74, 6) is 0.331. The molecule has 1 aliphatic carbocycles. The fourth-order valence-electron chi connectivity index (χ4n) is 2.53. The van der Waals surface area contributed by atoms with Crippen molar-refractivity contribution in [1.82, 2.24) is 4.98 Å². The van der Waals surface area contributed by atoms with Crippen molar-refractivity contribution in [3.63, 3.8) is 0 Å². The van der Waals surface area contributed by atoms with Gasteiger partial charge in [-0.3, -0.25) is 4.98 Å². The molecule has 0 fully saturated rings. The molecule has 0 radical (unpaired) electrons. The molecular weight excluding hydrogens is 206 g/mol. The topological polar surface area (TPSA) is 12.9 Å². The van der Waals surface area contributed by atoms with Gasteiger partial charge in [0.1, 0.15) is 0 Å². The summed E-state index contributed by atoms with van der Waals surface area (Å²) in [5, 5.41) is 0. The number of fused-ring (bicyclic) bond motifs is 1. The van der Waals surface area contributed by atoms with E-state index in [0.29, 0.717) is 5.92 Å². The first kappa shape index (κ1) is 10.3. The molecule has 0 aliphatic heterocycles. The van der Waals surface area contributed by atoms with Gasteiger partial charge >= 0.3 is 0 Å². The van der Waals surface area contributed by atoms with Gasteiger partial charge in [0.2, 0.25) is 0 Å². The molecule has 3 rings (SSSR count). The Morgan fingerprint density at radius 2 is 2.06 bits per heavy atom. The summed E-state index contributed by atoms with van der Waals surface area (Å²) in [4.78, 5) is 4.46. The average Bonchev–Trinajstić information content (AvgIpc) is 2.83. The normalized spacial score (nSPS) is 17.1. The molecule has 1 aromatic heterocycles. The van der Waals surface area contributed by atoms with Crippen LogP contribution in [0.4, 0.5) is 0 Å². The molecule has 0 N–H and O–H groups in total. The summed E-state index contributed by atoms with van der Waals surface area (Å²) in [6, 6.07) is 12.7. The highest BCUT2D eigenvalue weighted by Crippen LogP contribution is 2.36. The Morgan fingerprint density at radius 3 is 2.82 bits per heavy atom. The molecule has 1 heteroatoms. The van der Waals surface area contributed by atoms with Gasteiger partial charge in [0.05, 0.1) is 5.69 Å². The molecule has 1 aromatic carbocycles. The lowest BCUT2D eigenvalue weighted by Crippen LogP contribution is -1.99. The van der Waals surface area contributed by atoms with Crippen LogP contribution in [0.15, 0.2) is 48.7 Å². The Kier molecular flexibility index (Phi) is 2.52. The molecule has 1 unspecified atom stereocenters. The maximum atomic E-state index is 4.46. The second-order valence-electron chi connectivity index (χ2n) is 4.36. The van der Waals surface area contributed by atoms with Gasteiger partial charge in [-0.25, -0.2) is 0 Å². The molecular formula is C16H15N. The standard InChI is InChI=1S/C16H15N/c1-2-12-6-5-7-14-13(12)9-10-15(14)16-8-3-4-11-17-16/h3-11,15H,2H2,1H3. The first-order chi connectivity index (χ1) is 8.40. The zero-order chi connectivity index (χ0) is 11.7. The van der Waals surface area contributed by atoms with Crippen LogP contribution in [0.3, 0.4) is 0 Å². The lowest BCUT2D eigenvalue weighted by atomic mass is 9.94. The Balaban J connectivity index is 2.09. The summed E-state index contributed by atoms with van der Waals surface area (Å²) in [6.07, 6.45) is 7.45. The second-order valence-corrected chi connectivity index (χ2v) is 4.36. The summed E-state index contributed by atoms with van der Waals surface area (Å²) < 4.78 is 0. The number of nitrogens with zero attached hydrogens (tertiary/aromatic N) is 1. The quantitative estimate of drug-likeness (QED) is 0.751. The van der Waals surface area contributed by atoms with Crippen molar-refractivity contribution in [2.24, 2.45) is 0 Å². The van der Waals surface area contributed by atoms with Gasteiger partial charge in [-0.15, -0.1) is 0 Å². The number of aromatic nitrogens is 1. The molecule has 1 nitrogen and oxygen atoms in total. The number of rotatable bonds is 2. The minimum Gasteiger partial charge on any atom is -0.260 e. The fraction of sp³-hybridized carbons (Fsp3) is 0.188. The third-order valence-electron chi connectivity index (χ3n) is 3.41. The van der Waals surface area contributed by atoms with E-state index in [9.17, 15) is 0 Å². The van der Waals surface area contributed by atoms with Gasteiger partial charge in [-0.05, 0) is 35.2 Å². The molecule has 0 spiro atoms. The largest absolute Gasteiger partial charge is 0.260 e. The highest BCUT2D eigenvalue weighted by molar-refractivity contribution is 5.67. The molecule has 1 aliphatic rings. The van der Waals surface area contributed by atoms with Gasteiger partial charge < -0.3 is 0 Å². The van der Waals surface area contributed by atoms with E-state index < -0.39 is 0 Å². The van der Waals surface area contributed by atoms with Crippen molar-refractivity contribution in [1.29, 1.82) is 0 Å². The van der Waals surface area contributed by atoms with E-state index in [-0.39, 0.29) is 0 Å². The summed E-state index contributed by atoms with van der Waals surface area (Å²) in [5.41, 5.74) is 5.35. The predicted molar refractivity (Wildman–Crippen MR) is 70.9 cm³/mol. The van der Waals surface area contributed by atoms with E-state index in [4.69, 9.17) is 0 Å². The van der Waals surface area contributed by atoms with Crippen LogP contribution >= 0.6 is 0 Å². The van der Waals surface area contributed by atoms with Crippen LogP contribution in [0.5, 0.6) is 0 Å². The summed E-state index contributed by atoms with van der Waals surface area (Å²) in [6.45, 7) is 2.21. The maximum absolute atomic E-state index is 4.46. The number of benzene rings is 1. The van der Waals surface area contributed by atoms with Crippen molar-refractivity contribution >= 4 is 6.08 Å². The minimum absolute atomic E-state index is 0.331. The molecule has 0 bridgehead atoms. The Hall–Kier alpha value is -1.89. The number of pyridine rings is 1. The van der Waals surface area contributed by atoms with Crippen molar-refractivity contribution < 1.29 is 0 Å².